The number of halogens is 1. The zero-order valence-corrected chi connectivity index (χ0v) is 13.1. The Morgan fingerprint density at radius 3 is 2.48 bits per heavy atom. The average Bonchev–Trinajstić information content (AvgIpc) is 2.50. The second kappa shape index (κ2) is 7.86. The Morgan fingerprint density at radius 1 is 1.19 bits per heavy atom. The van der Waals surface area contributed by atoms with E-state index in [0.717, 1.165) is 11.1 Å². The standard InChI is InChI=1S/C16H15ClN2OS/c1-21-15-8-4-13(5-9-15)11-18-19-16(20)10-12-2-6-14(17)7-3-12/h2-9,11H,10H2,1H3,(H,19,20). The molecule has 2 aromatic carbocycles. The molecule has 0 aliphatic carbocycles. The maximum atomic E-state index is 11.7. The van der Waals surface area contributed by atoms with Gasteiger partial charge in [-0.3, -0.25) is 4.79 Å². The van der Waals surface area contributed by atoms with E-state index in [1.165, 1.54) is 4.90 Å². The normalized spacial score (nSPS) is 10.8. The third-order valence-electron chi connectivity index (χ3n) is 2.80. The fraction of sp³-hybridized carbons (Fsp3) is 0.125. The molecule has 1 N–H and O–H groups in total. The highest BCUT2D eigenvalue weighted by Crippen LogP contribution is 2.14. The minimum Gasteiger partial charge on any atom is -0.273 e. The molecular formula is C16H15ClN2OS. The van der Waals surface area contributed by atoms with Crippen LogP contribution in [0.25, 0.3) is 0 Å². The molecule has 0 heterocycles. The van der Waals surface area contributed by atoms with E-state index in [1.807, 2.05) is 42.7 Å². The molecule has 3 nitrogen and oxygen atoms in total. The molecule has 0 radical (unpaired) electrons. The molecule has 0 aliphatic rings. The van der Waals surface area contributed by atoms with E-state index >= 15 is 0 Å². The van der Waals surface area contributed by atoms with Gasteiger partial charge in [0.2, 0.25) is 5.91 Å². The van der Waals surface area contributed by atoms with Crippen LogP contribution in [0.1, 0.15) is 11.1 Å². The van der Waals surface area contributed by atoms with Crippen molar-refractivity contribution in [3.05, 3.63) is 64.7 Å². The van der Waals surface area contributed by atoms with Crippen LogP contribution in [0.3, 0.4) is 0 Å². The number of carbonyl (C=O) groups is 1. The number of benzene rings is 2. The first kappa shape index (κ1) is 15.6. The van der Waals surface area contributed by atoms with Gasteiger partial charge < -0.3 is 0 Å². The summed E-state index contributed by atoms with van der Waals surface area (Å²) in [6, 6.07) is 15.1. The Labute approximate surface area is 133 Å². The molecular weight excluding hydrogens is 304 g/mol. The van der Waals surface area contributed by atoms with Crippen molar-refractivity contribution in [1.29, 1.82) is 0 Å². The van der Waals surface area contributed by atoms with Crippen molar-refractivity contribution in [2.45, 2.75) is 11.3 Å². The zero-order chi connectivity index (χ0) is 15.1. The smallest absolute Gasteiger partial charge is 0.244 e. The zero-order valence-electron chi connectivity index (χ0n) is 11.5. The second-order valence-corrected chi connectivity index (χ2v) is 5.69. The molecule has 5 heteroatoms. The van der Waals surface area contributed by atoms with E-state index in [4.69, 9.17) is 11.6 Å². The van der Waals surface area contributed by atoms with Gasteiger partial charge in [-0.25, -0.2) is 5.43 Å². The Hall–Kier alpha value is -1.78. The first-order valence-corrected chi connectivity index (χ1v) is 7.98. The molecule has 0 unspecified atom stereocenters. The predicted octanol–water partition coefficient (Wildman–Crippen LogP) is 3.75. The lowest BCUT2D eigenvalue weighted by Crippen LogP contribution is -2.19. The maximum absolute atomic E-state index is 11.7. The summed E-state index contributed by atoms with van der Waals surface area (Å²) in [5.74, 6) is -0.158. The number of hydrogen-bond acceptors (Lipinski definition) is 3. The number of amides is 1. The Kier molecular flexibility index (Phi) is 5.84. The molecule has 0 spiro atoms. The van der Waals surface area contributed by atoms with Crippen LogP contribution in [0, 0.1) is 0 Å². The van der Waals surface area contributed by atoms with Crippen molar-refractivity contribution in [3.8, 4) is 0 Å². The number of thioether (sulfide) groups is 1. The van der Waals surface area contributed by atoms with Crippen LogP contribution in [0.5, 0.6) is 0 Å². The van der Waals surface area contributed by atoms with E-state index in [0.29, 0.717) is 5.02 Å². The quantitative estimate of drug-likeness (QED) is 0.518. The number of nitrogens with zero attached hydrogens (tertiary/aromatic N) is 1. The van der Waals surface area contributed by atoms with Crippen LogP contribution < -0.4 is 5.43 Å². The topological polar surface area (TPSA) is 41.5 Å². The Balaban J connectivity index is 1.85. The van der Waals surface area contributed by atoms with Crippen LogP contribution in [0.4, 0.5) is 0 Å². The molecule has 0 bridgehead atoms. The lowest BCUT2D eigenvalue weighted by Gasteiger charge is -2.01. The van der Waals surface area contributed by atoms with Crippen molar-refractivity contribution >= 4 is 35.5 Å². The number of nitrogens with one attached hydrogen (secondary N) is 1. The summed E-state index contributed by atoms with van der Waals surface area (Å²) in [5.41, 5.74) is 4.36. The van der Waals surface area contributed by atoms with Gasteiger partial charge in [0, 0.05) is 9.92 Å². The highest BCUT2D eigenvalue weighted by molar-refractivity contribution is 7.98. The minimum absolute atomic E-state index is 0.158. The molecule has 0 saturated heterocycles. The predicted molar refractivity (Wildman–Crippen MR) is 89.1 cm³/mol. The average molecular weight is 319 g/mol. The number of carbonyl (C=O) groups excluding carboxylic acids is 1. The summed E-state index contributed by atoms with van der Waals surface area (Å²) in [6.45, 7) is 0. The molecule has 0 atom stereocenters. The summed E-state index contributed by atoms with van der Waals surface area (Å²) in [6.07, 6.45) is 3.93. The second-order valence-electron chi connectivity index (χ2n) is 4.37. The lowest BCUT2D eigenvalue weighted by atomic mass is 10.1. The van der Waals surface area contributed by atoms with Crippen molar-refractivity contribution in [1.82, 2.24) is 5.43 Å². The summed E-state index contributed by atoms with van der Waals surface area (Å²) < 4.78 is 0. The van der Waals surface area contributed by atoms with Gasteiger partial charge in [-0.1, -0.05) is 35.9 Å². The third-order valence-corrected chi connectivity index (χ3v) is 3.79. The number of hydrazone groups is 1. The maximum Gasteiger partial charge on any atom is 0.244 e. The van der Waals surface area contributed by atoms with E-state index in [1.54, 1.807) is 30.1 Å². The van der Waals surface area contributed by atoms with Gasteiger partial charge in [-0.2, -0.15) is 5.10 Å². The summed E-state index contributed by atoms with van der Waals surface area (Å²) >= 11 is 7.48. The molecule has 21 heavy (non-hydrogen) atoms. The number of hydrogen-bond donors (Lipinski definition) is 1. The minimum atomic E-state index is -0.158. The highest BCUT2D eigenvalue weighted by atomic mass is 35.5. The van der Waals surface area contributed by atoms with Gasteiger partial charge in [-0.05, 0) is 41.6 Å². The largest absolute Gasteiger partial charge is 0.273 e. The van der Waals surface area contributed by atoms with Crippen molar-refractivity contribution in [2.75, 3.05) is 6.26 Å². The Morgan fingerprint density at radius 2 is 1.86 bits per heavy atom. The SMILES string of the molecule is CSc1ccc(C=NNC(=O)Cc2ccc(Cl)cc2)cc1. The fourth-order valence-electron chi connectivity index (χ4n) is 1.70. The molecule has 0 saturated carbocycles. The van der Waals surface area contributed by atoms with Crippen LogP contribution in [-0.4, -0.2) is 18.4 Å². The van der Waals surface area contributed by atoms with E-state index in [2.05, 4.69) is 10.5 Å². The van der Waals surface area contributed by atoms with Gasteiger partial charge in [-0.15, -0.1) is 11.8 Å². The van der Waals surface area contributed by atoms with Crippen LogP contribution >= 0.6 is 23.4 Å². The molecule has 1 amide bonds. The molecule has 2 aromatic rings. The highest BCUT2D eigenvalue weighted by Gasteiger charge is 2.01. The first-order chi connectivity index (χ1) is 10.2. The van der Waals surface area contributed by atoms with Crippen molar-refractivity contribution in [2.24, 2.45) is 5.10 Å². The van der Waals surface area contributed by atoms with E-state index in [9.17, 15) is 4.79 Å². The van der Waals surface area contributed by atoms with Crippen molar-refractivity contribution < 1.29 is 4.79 Å². The molecule has 2 rings (SSSR count). The van der Waals surface area contributed by atoms with Gasteiger partial charge in [0.05, 0.1) is 12.6 Å². The van der Waals surface area contributed by atoms with Gasteiger partial charge in [0.15, 0.2) is 0 Å². The fourth-order valence-corrected chi connectivity index (χ4v) is 2.23. The Bertz CT molecular complexity index is 624. The molecule has 108 valence electrons. The summed E-state index contributed by atoms with van der Waals surface area (Å²) in [5, 5.41) is 4.61. The monoisotopic (exact) mass is 318 g/mol. The van der Waals surface area contributed by atoms with E-state index in [-0.39, 0.29) is 12.3 Å². The van der Waals surface area contributed by atoms with Crippen molar-refractivity contribution in [3.63, 3.8) is 0 Å². The molecule has 0 aromatic heterocycles. The van der Waals surface area contributed by atoms with Crippen LogP contribution in [0.2, 0.25) is 5.02 Å². The molecule has 0 fully saturated rings. The van der Waals surface area contributed by atoms with E-state index < -0.39 is 0 Å². The van der Waals surface area contributed by atoms with Gasteiger partial charge >= 0.3 is 0 Å². The van der Waals surface area contributed by atoms with Gasteiger partial charge in [0.1, 0.15) is 0 Å². The third kappa shape index (κ3) is 5.25. The van der Waals surface area contributed by atoms with Crippen LogP contribution in [0.15, 0.2) is 58.5 Å². The summed E-state index contributed by atoms with van der Waals surface area (Å²) in [4.78, 5) is 12.9. The lowest BCUT2D eigenvalue weighted by molar-refractivity contribution is -0.120. The first-order valence-electron chi connectivity index (χ1n) is 6.38. The van der Waals surface area contributed by atoms with Crippen LogP contribution in [-0.2, 0) is 11.2 Å². The molecule has 0 aliphatic heterocycles. The van der Waals surface area contributed by atoms with Gasteiger partial charge in [0.25, 0.3) is 0 Å². The summed E-state index contributed by atoms with van der Waals surface area (Å²) in [7, 11) is 0. The number of rotatable bonds is 5.